The quantitative estimate of drug-likeness (QED) is 0.194. The van der Waals surface area contributed by atoms with Gasteiger partial charge < -0.3 is 29.7 Å². The molecule has 0 fully saturated rings. The number of alkyl halides is 3. The summed E-state index contributed by atoms with van der Waals surface area (Å²) < 4.78 is 75.5. The molecule has 1 unspecified atom stereocenters. The molecule has 1 amide bonds. The van der Waals surface area contributed by atoms with Gasteiger partial charge in [0.15, 0.2) is 5.69 Å². The minimum atomic E-state index is -4.83. The van der Waals surface area contributed by atoms with Crippen molar-refractivity contribution in [3.05, 3.63) is 65.7 Å². The zero-order valence-corrected chi connectivity index (χ0v) is 28.1. The lowest BCUT2D eigenvalue weighted by Crippen LogP contribution is -2.26. The smallest absolute Gasteiger partial charge is 0.421 e. The fourth-order valence-electron chi connectivity index (χ4n) is 4.94. The standard InChI is InChI=1S/C31H36F3N8O5P/c1-18(2)47-48(44)15-19-7-8-23(25(11-19)45-6)40-29-36-13-21(31(32,33)34)27(41-29)39-24-10-9-22(38-26(24)28(43)35-5)20-12-37-42(14-20)16-30(3,4)17-46-48/h7-14,18H,15-17H2,1-6H3,(H,35,43)(H2,36,39,40,41). The number of methoxy groups -OCH3 is 1. The van der Waals surface area contributed by atoms with Crippen molar-refractivity contribution in [1.29, 1.82) is 0 Å². The highest BCUT2D eigenvalue weighted by atomic mass is 31.2. The molecule has 4 aliphatic heterocycles. The molecule has 7 heterocycles. The third kappa shape index (κ3) is 8.12. The second-order valence-corrected chi connectivity index (χ2v) is 14.2. The molecular formula is C31H36F3N8O5P. The Hall–Kier alpha value is -4.53. The molecule has 0 saturated carbocycles. The summed E-state index contributed by atoms with van der Waals surface area (Å²) in [6, 6.07) is 7.88. The molecule has 8 bridgehead atoms. The van der Waals surface area contributed by atoms with Gasteiger partial charge in [-0.3, -0.25) is 14.0 Å². The van der Waals surface area contributed by atoms with Crippen LogP contribution >= 0.6 is 7.60 Å². The van der Waals surface area contributed by atoms with Crippen molar-refractivity contribution in [2.24, 2.45) is 5.41 Å². The van der Waals surface area contributed by atoms with E-state index in [1.165, 1.54) is 20.2 Å². The first-order valence-corrected chi connectivity index (χ1v) is 16.6. The van der Waals surface area contributed by atoms with Gasteiger partial charge in [-0.05, 0) is 43.7 Å². The van der Waals surface area contributed by atoms with Crippen molar-refractivity contribution in [2.75, 3.05) is 31.4 Å². The van der Waals surface area contributed by atoms with Crippen LogP contribution in [0.25, 0.3) is 11.3 Å². The Bertz CT molecular complexity index is 1860. The molecule has 8 rings (SSSR count). The van der Waals surface area contributed by atoms with Crippen LogP contribution in [-0.2, 0) is 32.5 Å². The number of aromatic nitrogens is 5. The van der Waals surface area contributed by atoms with Gasteiger partial charge in [0.05, 0.1) is 49.2 Å². The Morgan fingerprint density at radius 2 is 1.88 bits per heavy atom. The molecule has 4 aliphatic rings. The van der Waals surface area contributed by atoms with E-state index >= 15 is 0 Å². The number of amides is 1. The molecular weight excluding hydrogens is 652 g/mol. The maximum Gasteiger partial charge on any atom is 0.421 e. The van der Waals surface area contributed by atoms with Crippen molar-refractivity contribution in [1.82, 2.24) is 30.0 Å². The first-order valence-electron chi connectivity index (χ1n) is 14.9. The fourth-order valence-corrected chi connectivity index (χ4v) is 7.00. The van der Waals surface area contributed by atoms with Gasteiger partial charge in [0.1, 0.15) is 17.1 Å². The van der Waals surface area contributed by atoms with E-state index in [1.807, 2.05) is 13.8 Å². The highest BCUT2D eigenvalue weighted by Crippen LogP contribution is 2.54. The van der Waals surface area contributed by atoms with Crippen molar-refractivity contribution < 1.29 is 36.3 Å². The summed E-state index contributed by atoms with van der Waals surface area (Å²) in [7, 11) is -0.889. The van der Waals surface area contributed by atoms with E-state index < -0.39 is 42.6 Å². The van der Waals surface area contributed by atoms with Gasteiger partial charge in [-0.2, -0.15) is 23.3 Å². The second kappa shape index (κ2) is 13.5. The molecule has 1 atom stereocenters. The summed E-state index contributed by atoms with van der Waals surface area (Å²) >= 11 is 0. The zero-order chi connectivity index (χ0) is 34.9. The molecule has 3 aromatic heterocycles. The number of hydrogen-bond donors (Lipinski definition) is 3. The van der Waals surface area contributed by atoms with Gasteiger partial charge >= 0.3 is 13.8 Å². The topological polar surface area (TPSA) is 154 Å². The van der Waals surface area contributed by atoms with Gasteiger partial charge in [0.25, 0.3) is 5.91 Å². The zero-order valence-electron chi connectivity index (χ0n) is 27.2. The summed E-state index contributed by atoms with van der Waals surface area (Å²) in [5.74, 6) is -1.17. The number of nitrogens with one attached hydrogen (secondary N) is 3. The molecule has 0 radical (unpaired) electrons. The summed E-state index contributed by atoms with van der Waals surface area (Å²) in [4.78, 5) is 25.4. The van der Waals surface area contributed by atoms with Crippen LogP contribution in [0.2, 0.25) is 0 Å². The lowest BCUT2D eigenvalue weighted by molar-refractivity contribution is -0.137. The van der Waals surface area contributed by atoms with E-state index in [9.17, 15) is 22.5 Å². The van der Waals surface area contributed by atoms with Crippen LogP contribution < -0.4 is 20.7 Å². The third-order valence-corrected chi connectivity index (χ3v) is 9.13. The van der Waals surface area contributed by atoms with Gasteiger partial charge in [0, 0.05) is 37.0 Å². The van der Waals surface area contributed by atoms with E-state index in [0.29, 0.717) is 35.2 Å². The first kappa shape index (κ1) is 34.8. The van der Waals surface area contributed by atoms with E-state index in [1.54, 1.807) is 55.2 Å². The second-order valence-electron chi connectivity index (χ2n) is 12.2. The van der Waals surface area contributed by atoms with E-state index in [4.69, 9.17) is 13.8 Å². The number of halogens is 3. The number of rotatable bonds is 4. The predicted molar refractivity (Wildman–Crippen MR) is 173 cm³/mol. The van der Waals surface area contributed by atoms with Crippen molar-refractivity contribution >= 4 is 36.6 Å². The van der Waals surface area contributed by atoms with Crippen LogP contribution in [0.4, 0.5) is 36.3 Å². The Balaban J connectivity index is 1.66. The average Bonchev–Trinajstić information content (AvgIpc) is 3.47. The highest BCUT2D eigenvalue weighted by Gasteiger charge is 2.36. The molecule has 13 nitrogen and oxygen atoms in total. The number of ether oxygens (including phenoxy) is 1. The molecule has 0 spiro atoms. The number of nitrogens with zero attached hydrogens (tertiary/aromatic N) is 5. The lowest BCUT2D eigenvalue weighted by Gasteiger charge is -2.28. The number of carbonyl (C=O) groups is 1. The molecule has 4 aromatic rings. The Morgan fingerprint density at radius 1 is 1.12 bits per heavy atom. The molecule has 17 heteroatoms. The van der Waals surface area contributed by atoms with Gasteiger partial charge in [-0.15, -0.1) is 0 Å². The van der Waals surface area contributed by atoms with E-state index in [-0.39, 0.29) is 35.8 Å². The average molecular weight is 689 g/mol. The minimum absolute atomic E-state index is 0.0176. The van der Waals surface area contributed by atoms with Crippen LogP contribution in [0.15, 0.2) is 48.9 Å². The number of hydrogen-bond acceptors (Lipinski definition) is 11. The summed E-state index contributed by atoms with van der Waals surface area (Å²) in [6.07, 6.45) is -1.38. The number of pyridine rings is 1. The lowest BCUT2D eigenvalue weighted by atomic mass is 9.95. The maximum absolute atomic E-state index is 14.1. The molecule has 0 saturated heterocycles. The van der Waals surface area contributed by atoms with Crippen LogP contribution in [0.5, 0.6) is 5.75 Å². The first-order chi connectivity index (χ1) is 22.6. The molecule has 1 aromatic carbocycles. The SMILES string of the molecule is CNC(=O)c1nc2ccc1Nc1nc(ncc1C(F)(F)F)Nc1ccc(cc1OC)CP(=O)(OC(C)C)OCC(C)(C)Cn1cc-2cn1. The number of carbonyl (C=O) groups excluding carboxylic acids is 1. The minimum Gasteiger partial charge on any atom is -0.495 e. The van der Waals surface area contributed by atoms with Crippen molar-refractivity contribution in [2.45, 2.75) is 52.7 Å². The van der Waals surface area contributed by atoms with Crippen molar-refractivity contribution in [3.63, 3.8) is 0 Å². The van der Waals surface area contributed by atoms with E-state index in [0.717, 1.165) is 0 Å². The van der Waals surface area contributed by atoms with Crippen LogP contribution in [0, 0.1) is 5.41 Å². The summed E-state index contributed by atoms with van der Waals surface area (Å²) in [5, 5.41) is 12.4. The Kier molecular flexibility index (Phi) is 9.81. The highest BCUT2D eigenvalue weighted by molar-refractivity contribution is 7.53. The molecule has 3 N–H and O–H groups in total. The van der Waals surface area contributed by atoms with Gasteiger partial charge in [-0.1, -0.05) is 19.9 Å². The number of benzene rings is 1. The predicted octanol–water partition coefficient (Wildman–Crippen LogP) is 6.78. The van der Waals surface area contributed by atoms with E-state index in [2.05, 4.69) is 36.0 Å². The summed E-state index contributed by atoms with van der Waals surface area (Å²) in [5.41, 5.74) is -0.0974. The maximum atomic E-state index is 14.1. The van der Waals surface area contributed by atoms with Crippen LogP contribution in [0.1, 0.15) is 49.3 Å². The van der Waals surface area contributed by atoms with Crippen LogP contribution in [0.3, 0.4) is 0 Å². The Labute approximate surface area is 275 Å². The Morgan fingerprint density at radius 3 is 2.56 bits per heavy atom. The third-order valence-electron chi connectivity index (χ3n) is 7.12. The number of anilines is 4. The monoisotopic (exact) mass is 688 g/mol. The van der Waals surface area contributed by atoms with Gasteiger partial charge in [0.2, 0.25) is 5.95 Å². The summed E-state index contributed by atoms with van der Waals surface area (Å²) in [6.45, 7) is 7.84. The van der Waals surface area contributed by atoms with Crippen LogP contribution in [-0.4, -0.2) is 57.5 Å². The van der Waals surface area contributed by atoms with Gasteiger partial charge in [-0.25, -0.2) is 9.97 Å². The normalized spacial score (nSPS) is 18.0. The van der Waals surface area contributed by atoms with Crippen molar-refractivity contribution in [3.8, 4) is 17.0 Å². The molecule has 48 heavy (non-hydrogen) atoms. The fraction of sp³-hybridized carbons (Fsp3) is 0.387. The largest absolute Gasteiger partial charge is 0.495 e. The molecule has 256 valence electrons. The molecule has 0 aliphatic carbocycles.